The van der Waals surface area contributed by atoms with Gasteiger partial charge in [0.25, 0.3) is 0 Å². The van der Waals surface area contributed by atoms with Gasteiger partial charge < -0.3 is 11.1 Å². The Morgan fingerprint density at radius 1 is 1.25 bits per heavy atom. The average molecular weight is 170 g/mol. The summed E-state index contributed by atoms with van der Waals surface area (Å²) < 4.78 is 0. The fraction of sp³-hybridized carbons (Fsp3) is 1.00. The Kier molecular flexibility index (Phi) is 4.62. The van der Waals surface area contributed by atoms with Crippen molar-refractivity contribution in [3.05, 3.63) is 0 Å². The molecule has 72 valence electrons. The maximum Gasteiger partial charge on any atom is 0.00702 e. The summed E-state index contributed by atoms with van der Waals surface area (Å²) in [7, 11) is 0. The maximum absolute atomic E-state index is 5.45. The summed E-state index contributed by atoms with van der Waals surface area (Å²) in [6, 6.07) is 1.59. The molecule has 0 saturated carbocycles. The molecular formula is C10H22N2. The Hall–Kier alpha value is -0.0800. The van der Waals surface area contributed by atoms with E-state index in [1.165, 1.54) is 38.5 Å². The van der Waals surface area contributed by atoms with E-state index in [4.69, 9.17) is 5.73 Å². The van der Waals surface area contributed by atoms with E-state index in [0.29, 0.717) is 0 Å². The molecule has 0 aromatic carbocycles. The molecule has 3 N–H and O–H groups in total. The number of nitrogens with one attached hydrogen (secondary N) is 1. The molecule has 0 aromatic rings. The Labute approximate surface area is 75.9 Å². The molecule has 0 spiro atoms. The van der Waals surface area contributed by atoms with Crippen LogP contribution in [0.25, 0.3) is 0 Å². The molecule has 0 radical (unpaired) electrons. The van der Waals surface area contributed by atoms with E-state index < -0.39 is 0 Å². The Morgan fingerprint density at radius 3 is 2.58 bits per heavy atom. The van der Waals surface area contributed by atoms with Gasteiger partial charge in [-0.25, -0.2) is 0 Å². The van der Waals surface area contributed by atoms with Crippen molar-refractivity contribution >= 4 is 0 Å². The second kappa shape index (κ2) is 5.55. The predicted octanol–water partition coefficient (Wildman–Crippen LogP) is 1.65. The summed E-state index contributed by atoms with van der Waals surface area (Å²) in [6.45, 7) is 3.11. The number of unbranched alkanes of at least 4 members (excludes halogenated alkanes) is 1. The van der Waals surface area contributed by atoms with Gasteiger partial charge in [-0.1, -0.05) is 13.3 Å². The van der Waals surface area contributed by atoms with Crippen molar-refractivity contribution in [2.45, 2.75) is 57.5 Å². The molecule has 2 atom stereocenters. The molecule has 0 aliphatic carbocycles. The van der Waals surface area contributed by atoms with Gasteiger partial charge in [-0.2, -0.15) is 0 Å². The van der Waals surface area contributed by atoms with Gasteiger partial charge >= 0.3 is 0 Å². The smallest absolute Gasteiger partial charge is 0.00702 e. The molecule has 2 heteroatoms. The molecule has 1 fully saturated rings. The Bertz CT molecular complexity index is 114. The van der Waals surface area contributed by atoms with Gasteiger partial charge in [0.15, 0.2) is 0 Å². The third kappa shape index (κ3) is 3.11. The Balaban J connectivity index is 2.03. The van der Waals surface area contributed by atoms with Crippen LogP contribution in [-0.2, 0) is 0 Å². The molecule has 2 unspecified atom stereocenters. The highest BCUT2D eigenvalue weighted by atomic mass is 15.0. The van der Waals surface area contributed by atoms with Crippen molar-refractivity contribution < 1.29 is 0 Å². The maximum atomic E-state index is 5.45. The fourth-order valence-electron chi connectivity index (χ4n) is 1.99. The van der Waals surface area contributed by atoms with Crippen LogP contribution in [0, 0.1) is 0 Å². The van der Waals surface area contributed by atoms with Gasteiger partial charge in [0.05, 0.1) is 0 Å². The Morgan fingerprint density at radius 2 is 2.00 bits per heavy atom. The summed E-state index contributed by atoms with van der Waals surface area (Å²) in [5, 5.41) is 3.66. The van der Waals surface area contributed by atoms with Crippen molar-refractivity contribution in [1.82, 2.24) is 5.32 Å². The quantitative estimate of drug-likeness (QED) is 0.616. The minimum Gasteiger partial charge on any atom is -0.330 e. The fourth-order valence-corrected chi connectivity index (χ4v) is 1.99. The SMILES string of the molecule is CCC1CCC(CCCCN)N1. The number of nitrogens with two attached hydrogens (primary N) is 1. The van der Waals surface area contributed by atoms with Gasteiger partial charge in [-0.05, 0) is 38.6 Å². The summed E-state index contributed by atoms with van der Waals surface area (Å²) >= 11 is 0. The van der Waals surface area contributed by atoms with Crippen LogP contribution in [0.15, 0.2) is 0 Å². The van der Waals surface area contributed by atoms with Crippen LogP contribution in [0.1, 0.15) is 45.4 Å². The predicted molar refractivity (Wildman–Crippen MR) is 53.1 cm³/mol. The van der Waals surface area contributed by atoms with Gasteiger partial charge in [0.1, 0.15) is 0 Å². The van der Waals surface area contributed by atoms with Crippen LogP contribution in [0.4, 0.5) is 0 Å². The highest BCUT2D eigenvalue weighted by Gasteiger charge is 2.20. The molecular weight excluding hydrogens is 148 g/mol. The third-order valence-electron chi connectivity index (χ3n) is 2.83. The minimum absolute atomic E-state index is 0.793. The van der Waals surface area contributed by atoms with Crippen LogP contribution in [0.3, 0.4) is 0 Å². The van der Waals surface area contributed by atoms with Crippen molar-refractivity contribution in [2.24, 2.45) is 5.73 Å². The third-order valence-corrected chi connectivity index (χ3v) is 2.83. The first kappa shape index (κ1) is 10.0. The van der Waals surface area contributed by atoms with E-state index in [1.807, 2.05) is 0 Å². The van der Waals surface area contributed by atoms with Crippen molar-refractivity contribution in [3.8, 4) is 0 Å². The van der Waals surface area contributed by atoms with Crippen LogP contribution < -0.4 is 11.1 Å². The van der Waals surface area contributed by atoms with Crippen LogP contribution in [0.5, 0.6) is 0 Å². The van der Waals surface area contributed by atoms with Crippen molar-refractivity contribution in [2.75, 3.05) is 6.54 Å². The van der Waals surface area contributed by atoms with Crippen LogP contribution >= 0.6 is 0 Å². The van der Waals surface area contributed by atoms with E-state index in [-0.39, 0.29) is 0 Å². The molecule has 2 nitrogen and oxygen atoms in total. The van der Waals surface area contributed by atoms with Gasteiger partial charge in [0.2, 0.25) is 0 Å². The summed E-state index contributed by atoms with van der Waals surface area (Å²) in [6.07, 6.45) is 7.85. The first-order valence-corrected chi connectivity index (χ1v) is 5.33. The normalized spacial score (nSPS) is 29.5. The molecule has 0 amide bonds. The van der Waals surface area contributed by atoms with Crippen LogP contribution in [0.2, 0.25) is 0 Å². The standard InChI is InChI=1S/C10H22N2/c1-2-9-6-7-10(12-9)5-3-4-8-11/h9-10,12H,2-8,11H2,1H3. The molecule has 0 aromatic heterocycles. The van der Waals surface area contributed by atoms with E-state index >= 15 is 0 Å². The second-order valence-electron chi connectivity index (χ2n) is 3.83. The minimum atomic E-state index is 0.793. The lowest BCUT2D eigenvalue weighted by atomic mass is 10.1. The van der Waals surface area contributed by atoms with E-state index in [1.54, 1.807) is 0 Å². The molecule has 12 heavy (non-hydrogen) atoms. The van der Waals surface area contributed by atoms with Crippen molar-refractivity contribution in [3.63, 3.8) is 0 Å². The number of hydrogen-bond acceptors (Lipinski definition) is 2. The largest absolute Gasteiger partial charge is 0.330 e. The topological polar surface area (TPSA) is 38.0 Å². The zero-order chi connectivity index (χ0) is 8.81. The van der Waals surface area contributed by atoms with Gasteiger partial charge in [-0.15, -0.1) is 0 Å². The van der Waals surface area contributed by atoms with E-state index in [2.05, 4.69) is 12.2 Å². The number of hydrogen-bond donors (Lipinski definition) is 2. The highest BCUT2D eigenvalue weighted by Crippen LogP contribution is 2.18. The highest BCUT2D eigenvalue weighted by molar-refractivity contribution is 4.82. The number of rotatable bonds is 5. The summed E-state index contributed by atoms with van der Waals surface area (Å²) in [5.41, 5.74) is 5.45. The first-order valence-electron chi connectivity index (χ1n) is 5.33. The monoisotopic (exact) mass is 170 g/mol. The van der Waals surface area contributed by atoms with Gasteiger partial charge in [0, 0.05) is 12.1 Å². The molecule has 0 bridgehead atoms. The van der Waals surface area contributed by atoms with Crippen molar-refractivity contribution in [1.29, 1.82) is 0 Å². The zero-order valence-corrected chi connectivity index (χ0v) is 8.18. The summed E-state index contributed by atoms with van der Waals surface area (Å²) in [5.74, 6) is 0. The average Bonchev–Trinajstić information content (AvgIpc) is 2.53. The second-order valence-corrected chi connectivity index (χ2v) is 3.83. The van der Waals surface area contributed by atoms with Crippen LogP contribution in [-0.4, -0.2) is 18.6 Å². The lowest BCUT2D eigenvalue weighted by molar-refractivity contribution is 0.485. The molecule has 1 rings (SSSR count). The lowest BCUT2D eigenvalue weighted by Gasteiger charge is -2.12. The first-order chi connectivity index (χ1) is 5.86. The summed E-state index contributed by atoms with van der Waals surface area (Å²) in [4.78, 5) is 0. The zero-order valence-electron chi connectivity index (χ0n) is 8.18. The molecule has 1 saturated heterocycles. The van der Waals surface area contributed by atoms with Gasteiger partial charge in [-0.3, -0.25) is 0 Å². The van der Waals surface area contributed by atoms with E-state index in [0.717, 1.165) is 18.6 Å². The molecule has 1 aliphatic rings. The lowest BCUT2D eigenvalue weighted by Crippen LogP contribution is -2.28. The molecule has 1 aliphatic heterocycles. The van der Waals surface area contributed by atoms with E-state index in [9.17, 15) is 0 Å². The molecule has 1 heterocycles.